The van der Waals surface area contributed by atoms with Gasteiger partial charge in [0.2, 0.25) is 0 Å². The summed E-state index contributed by atoms with van der Waals surface area (Å²) in [7, 11) is 0. The third-order valence-electron chi connectivity index (χ3n) is 4.14. The molecule has 3 rings (SSSR count). The second-order valence-corrected chi connectivity index (χ2v) is 6.52. The van der Waals surface area contributed by atoms with Crippen molar-refractivity contribution >= 4 is 27.8 Å². The van der Waals surface area contributed by atoms with Crippen molar-refractivity contribution in [1.82, 2.24) is 14.7 Å². The SMILES string of the molecule is Cc1c(C(=O)N2CC[C@H](C(=O)O)C2)cnn1-c1ccc(Br)cc1. The molecule has 120 valence electrons. The van der Waals surface area contributed by atoms with Crippen molar-refractivity contribution in [3.05, 3.63) is 46.2 Å². The van der Waals surface area contributed by atoms with Crippen molar-refractivity contribution in [3.63, 3.8) is 0 Å². The van der Waals surface area contributed by atoms with Crippen LogP contribution in [0.4, 0.5) is 0 Å². The predicted octanol–water partition coefficient (Wildman–Crippen LogP) is 2.49. The average Bonchev–Trinajstić information content (AvgIpc) is 3.15. The molecular weight excluding hydrogens is 362 g/mol. The van der Waals surface area contributed by atoms with Crippen molar-refractivity contribution < 1.29 is 14.7 Å². The van der Waals surface area contributed by atoms with Crippen LogP contribution in [-0.2, 0) is 4.79 Å². The van der Waals surface area contributed by atoms with Crippen molar-refractivity contribution in [2.75, 3.05) is 13.1 Å². The van der Waals surface area contributed by atoms with Crippen LogP contribution in [0.2, 0.25) is 0 Å². The fourth-order valence-electron chi connectivity index (χ4n) is 2.78. The second kappa shape index (κ2) is 6.16. The van der Waals surface area contributed by atoms with Crippen LogP contribution in [0.1, 0.15) is 22.5 Å². The highest BCUT2D eigenvalue weighted by molar-refractivity contribution is 9.10. The standard InChI is InChI=1S/C16H16BrN3O3/c1-10-14(15(21)19-7-6-11(9-19)16(22)23)8-18-20(10)13-4-2-12(17)3-5-13/h2-5,8,11H,6-7,9H2,1H3,(H,22,23)/t11-/m0/s1. The van der Waals surface area contributed by atoms with Crippen LogP contribution < -0.4 is 0 Å². The molecule has 1 aliphatic heterocycles. The number of carbonyl (C=O) groups excluding carboxylic acids is 1. The third kappa shape index (κ3) is 3.01. The van der Waals surface area contributed by atoms with Crippen LogP contribution in [0, 0.1) is 12.8 Å². The summed E-state index contributed by atoms with van der Waals surface area (Å²) in [5, 5.41) is 13.4. The number of aromatic nitrogens is 2. The number of rotatable bonds is 3. The van der Waals surface area contributed by atoms with E-state index in [0.29, 0.717) is 18.5 Å². The summed E-state index contributed by atoms with van der Waals surface area (Å²) in [5.41, 5.74) is 2.13. The summed E-state index contributed by atoms with van der Waals surface area (Å²) in [4.78, 5) is 25.2. The van der Waals surface area contributed by atoms with Gasteiger partial charge in [-0.1, -0.05) is 15.9 Å². The molecule has 1 fully saturated rings. The van der Waals surface area contributed by atoms with Gasteiger partial charge in [-0.25, -0.2) is 4.68 Å². The molecule has 1 N–H and O–H groups in total. The average molecular weight is 378 g/mol. The van der Waals surface area contributed by atoms with E-state index in [4.69, 9.17) is 5.11 Å². The Bertz CT molecular complexity index is 754. The molecule has 0 radical (unpaired) electrons. The van der Waals surface area contributed by atoms with Gasteiger partial charge in [0.05, 0.1) is 29.1 Å². The van der Waals surface area contributed by atoms with Gasteiger partial charge in [-0.2, -0.15) is 5.10 Å². The van der Waals surface area contributed by atoms with E-state index in [-0.39, 0.29) is 12.5 Å². The summed E-state index contributed by atoms with van der Waals surface area (Å²) >= 11 is 3.39. The molecule has 1 aromatic carbocycles. The summed E-state index contributed by atoms with van der Waals surface area (Å²) in [6.07, 6.45) is 2.05. The molecule has 0 bridgehead atoms. The number of carboxylic acids is 1. The van der Waals surface area contributed by atoms with E-state index in [9.17, 15) is 9.59 Å². The summed E-state index contributed by atoms with van der Waals surface area (Å²) in [6, 6.07) is 7.65. The first-order valence-electron chi connectivity index (χ1n) is 7.30. The predicted molar refractivity (Wildman–Crippen MR) is 87.6 cm³/mol. The number of carbonyl (C=O) groups is 2. The lowest BCUT2D eigenvalue weighted by Crippen LogP contribution is -2.30. The molecule has 0 unspecified atom stereocenters. The molecule has 0 saturated carbocycles. The number of amides is 1. The highest BCUT2D eigenvalue weighted by atomic mass is 79.9. The van der Waals surface area contributed by atoms with Crippen LogP contribution >= 0.6 is 15.9 Å². The maximum absolute atomic E-state index is 12.6. The topological polar surface area (TPSA) is 75.4 Å². The normalized spacial score (nSPS) is 17.5. The van der Waals surface area contributed by atoms with Gasteiger partial charge in [0, 0.05) is 17.6 Å². The van der Waals surface area contributed by atoms with Gasteiger partial charge in [0.15, 0.2) is 0 Å². The number of halogens is 1. The first-order valence-corrected chi connectivity index (χ1v) is 8.09. The lowest BCUT2D eigenvalue weighted by molar-refractivity contribution is -0.141. The lowest BCUT2D eigenvalue weighted by atomic mass is 10.1. The van der Waals surface area contributed by atoms with E-state index < -0.39 is 11.9 Å². The van der Waals surface area contributed by atoms with Crippen LogP contribution in [0.25, 0.3) is 5.69 Å². The molecular formula is C16H16BrN3O3. The molecule has 7 heteroatoms. The molecule has 2 heterocycles. The monoisotopic (exact) mass is 377 g/mol. The lowest BCUT2D eigenvalue weighted by Gasteiger charge is -2.15. The van der Waals surface area contributed by atoms with E-state index >= 15 is 0 Å². The third-order valence-corrected chi connectivity index (χ3v) is 4.66. The molecule has 1 atom stereocenters. The van der Waals surface area contributed by atoms with Crippen LogP contribution in [0.3, 0.4) is 0 Å². The molecule has 6 nitrogen and oxygen atoms in total. The summed E-state index contributed by atoms with van der Waals surface area (Å²) < 4.78 is 2.68. The fourth-order valence-corrected chi connectivity index (χ4v) is 3.04. The number of hydrogen-bond acceptors (Lipinski definition) is 3. The number of benzene rings is 1. The van der Waals surface area contributed by atoms with Crippen molar-refractivity contribution in [3.8, 4) is 5.69 Å². The zero-order valence-electron chi connectivity index (χ0n) is 12.6. The maximum atomic E-state index is 12.6. The Hall–Kier alpha value is -2.15. The van der Waals surface area contributed by atoms with E-state index in [1.165, 1.54) is 0 Å². The zero-order chi connectivity index (χ0) is 16.6. The minimum absolute atomic E-state index is 0.158. The van der Waals surface area contributed by atoms with Crippen molar-refractivity contribution in [2.45, 2.75) is 13.3 Å². The molecule has 0 spiro atoms. The molecule has 1 saturated heterocycles. The van der Waals surface area contributed by atoms with Gasteiger partial charge >= 0.3 is 5.97 Å². The van der Waals surface area contributed by atoms with E-state index in [1.807, 2.05) is 31.2 Å². The Labute approximate surface area is 141 Å². The quantitative estimate of drug-likeness (QED) is 0.891. The van der Waals surface area contributed by atoms with Crippen LogP contribution in [0.15, 0.2) is 34.9 Å². The minimum atomic E-state index is -0.845. The highest BCUT2D eigenvalue weighted by Gasteiger charge is 2.32. The Morgan fingerprint density at radius 2 is 2.00 bits per heavy atom. The number of aliphatic carboxylic acids is 1. The summed E-state index contributed by atoms with van der Waals surface area (Å²) in [6.45, 7) is 2.57. The van der Waals surface area contributed by atoms with Crippen LogP contribution in [0.5, 0.6) is 0 Å². The Morgan fingerprint density at radius 3 is 2.61 bits per heavy atom. The number of nitrogens with zero attached hydrogens (tertiary/aromatic N) is 3. The van der Waals surface area contributed by atoms with E-state index in [0.717, 1.165) is 15.9 Å². The molecule has 1 aromatic heterocycles. The summed E-state index contributed by atoms with van der Waals surface area (Å²) in [5.74, 6) is -1.47. The van der Waals surface area contributed by atoms with Gasteiger partial charge in [0.1, 0.15) is 0 Å². The smallest absolute Gasteiger partial charge is 0.308 e. The highest BCUT2D eigenvalue weighted by Crippen LogP contribution is 2.22. The van der Waals surface area contributed by atoms with Gasteiger partial charge in [0.25, 0.3) is 5.91 Å². The van der Waals surface area contributed by atoms with Gasteiger partial charge in [-0.15, -0.1) is 0 Å². The number of carboxylic acid groups (broad SMARTS) is 1. The Balaban J connectivity index is 1.83. The largest absolute Gasteiger partial charge is 0.481 e. The molecule has 0 aliphatic carbocycles. The van der Waals surface area contributed by atoms with Gasteiger partial charge < -0.3 is 10.0 Å². The van der Waals surface area contributed by atoms with Crippen molar-refractivity contribution in [2.24, 2.45) is 5.92 Å². The van der Waals surface area contributed by atoms with E-state index in [1.54, 1.807) is 15.8 Å². The molecule has 23 heavy (non-hydrogen) atoms. The first-order chi connectivity index (χ1) is 11.0. The molecule has 1 aliphatic rings. The zero-order valence-corrected chi connectivity index (χ0v) is 14.2. The number of likely N-dealkylation sites (tertiary alicyclic amines) is 1. The number of hydrogen-bond donors (Lipinski definition) is 1. The minimum Gasteiger partial charge on any atom is -0.481 e. The van der Waals surface area contributed by atoms with Crippen molar-refractivity contribution in [1.29, 1.82) is 0 Å². The Kier molecular flexibility index (Phi) is 4.21. The molecule has 1 amide bonds. The second-order valence-electron chi connectivity index (χ2n) is 5.61. The Morgan fingerprint density at radius 1 is 1.30 bits per heavy atom. The van der Waals surface area contributed by atoms with Gasteiger partial charge in [-0.3, -0.25) is 9.59 Å². The molecule has 2 aromatic rings. The first kappa shape index (κ1) is 15.7. The van der Waals surface area contributed by atoms with Crippen LogP contribution in [-0.4, -0.2) is 44.8 Å². The van der Waals surface area contributed by atoms with Gasteiger partial charge in [-0.05, 0) is 37.6 Å². The fraction of sp³-hybridized carbons (Fsp3) is 0.312. The van der Waals surface area contributed by atoms with E-state index in [2.05, 4.69) is 21.0 Å². The maximum Gasteiger partial charge on any atom is 0.308 e.